The van der Waals surface area contributed by atoms with E-state index in [2.05, 4.69) is 15.3 Å². The number of anilines is 2. The number of nitriles is 1. The second-order valence-electron chi connectivity index (χ2n) is 3.68. The lowest BCUT2D eigenvalue weighted by Crippen LogP contribution is -2.01. The minimum Gasteiger partial charge on any atom is -0.333 e. The molecule has 0 aliphatic heterocycles. The maximum Gasteiger partial charge on any atom is 0.312 e. The van der Waals surface area contributed by atoms with Crippen molar-refractivity contribution >= 4 is 23.5 Å². The van der Waals surface area contributed by atoms with E-state index in [1.54, 1.807) is 6.07 Å². The molecule has 0 radical (unpaired) electrons. The molecule has 0 aliphatic carbocycles. The molecule has 2 rings (SSSR count). The Kier molecular flexibility index (Phi) is 3.63. The van der Waals surface area contributed by atoms with Crippen molar-refractivity contribution in [1.82, 2.24) is 9.97 Å². The molecule has 0 aliphatic rings. The van der Waals surface area contributed by atoms with Crippen LogP contribution in [-0.2, 0) is 0 Å². The smallest absolute Gasteiger partial charge is 0.312 e. The molecule has 98 valence electrons. The first-order valence-electron chi connectivity index (χ1n) is 5.37. The SMILES string of the molecule is N#Cc1ccc(Nc2ncc(C=O)cc2[N+](=O)[O-])cn1. The second kappa shape index (κ2) is 5.53. The van der Waals surface area contributed by atoms with Crippen molar-refractivity contribution in [3.63, 3.8) is 0 Å². The molecule has 2 heterocycles. The number of carbonyl (C=O) groups is 1. The maximum atomic E-state index is 10.9. The molecule has 8 heteroatoms. The first-order chi connectivity index (χ1) is 9.63. The molecule has 2 aromatic rings. The van der Waals surface area contributed by atoms with Gasteiger partial charge in [-0.1, -0.05) is 0 Å². The van der Waals surface area contributed by atoms with Crippen LogP contribution in [0.4, 0.5) is 17.2 Å². The molecule has 0 saturated carbocycles. The van der Waals surface area contributed by atoms with Crippen LogP contribution in [0.3, 0.4) is 0 Å². The molecule has 2 aromatic heterocycles. The van der Waals surface area contributed by atoms with E-state index in [0.717, 1.165) is 6.07 Å². The van der Waals surface area contributed by atoms with Gasteiger partial charge in [-0.25, -0.2) is 9.97 Å². The number of hydrogen-bond donors (Lipinski definition) is 1. The second-order valence-corrected chi connectivity index (χ2v) is 3.68. The molecule has 0 saturated heterocycles. The molecule has 0 spiro atoms. The van der Waals surface area contributed by atoms with Crippen molar-refractivity contribution in [2.45, 2.75) is 0 Å². The van der Waals surface area contributed by atoms with Gasteiger partial charge in [0.1, 0.15) is 11.8 Å². The van der Waals surface area contributed by atoms with E-state index in [-0.39, 0.29) is 22.8 Å². The molecule has 0 atom stereocenters. The predicted molar refractivity (Wildman–Crippen MR) is 68.5 cm³/mol. The molecule has 0 aromatic carbocycles. The number of aldehydes is 1. The van der Waals surface area contributed by atoms with Crippen molar-refractivity contribution in [2.24, 2.45) is 0 Å². The Hall–Kier alpha value is -3.34. The highest BCUT2D eigenvalue weighted by Gasteiger charge is 2.16. The van der Waals surface area contributed by atoms with Crippen LogP contribution in [0, 0.1) is 21.4 Å². The molecule has 0 amide bonds. The van der Waals surface area contributed by atoms with Gasteiger partial charge < -0.3 is 5.32 Å². The Morgan fingerprint density at radius 2 is 2.15 bits per heavy atom. The molecular weight excluding hydrogens is 262 g/mol. The van der Waals surface area contributed by atoms with E-state index in [9.17, 15) is 14.9 Å². The fourth-order valence-electron chi connectivity index (χ4n) is 1.44. The number of aromatic nitrogens is 2. The van der Waals surface area contributed by atoms with E-state index in [1.165, 1.54) is 18.5 Å². The first-order valence-corrected chi connectivity index (χ1v) is 5.37. The first kappa shape index (κ1) is 13.1. The molecule has 8 nitrogen and oxygen atoms in total. The summed E-state index contributed by atoms with van der Waals surface area (Å²) in [5.74, 6) is -0.00731. The highest BCUT2D eigenvalue weighted by atomic mass is 16.6. The van der Waals surface area contributed by atoms with Gasteiger partial charge in [0.25, 0.3) is 0 Å². The third-order valence-electron chi connectivity index (χ3n) is 2.36. The van der Waals surface area contributed by atoms with Crippen molar-refractivity contribution < 1.29 is 9.72 Å². The monoisotopic (exact) mass is 269 g/mol. The van der Waals surface area contributed by atoms with Crippen LogP contribution < -0.4 is 5.32 Å². The summed E-state index contributed by atoms with van der Waals surface area (Å²) < 4.78 is 0. The number of rotatable bonds is 4. The normalized spacial score (nSPS) is 9.55. The Morgan fingerprint density at radius 3 is 2.70 bits per heavy atom. The van der Waals surface area contributed by atoms with Gasteiger partial charge in [-0.05, 0) is 12.1 Å². The number of nitrogens with one attached hydrogen (secondary N) is 1. The number of nitro groups is 1. The zero-order valence-corrected chi connectivity index (χ0v) is 9.98. The molecular formula is C12H7N5O3. The summed E-state index contributed by atoms with van der Waals surface area (Å²) in [5.41, 5.74) is 0.465. The molecule has 1 N–H and O–H groups in total. The summed E-state index contributed by atoms with van der Waals surface area (Å²) in [7, 11) is 0. The largest absolute Gasteiger partial charge is 0.333 e. The average molecular weight is 269 g/mol. The lowest BCUT2D eigenvalue weighted by Gasteiger charge is -2.05. The Labute approximate surface area is 112 Å². The highest BCUT2D eigenvalue weighted by molar-refractivity contribution is 5.78. The minimum atomic E-state index is -0.639. The average Bonchev–Trinajstić information content (AvgIpc) is 2.48. The topological polar surface area (TPSA) is 122 Å². The van der Waals surface area contributed by atoms with E-state index >= 15 is 0 Å². The standard InChI is InChI=1S/C12H7N5O3/c13-4-9-1-2-10(6-14-9)16-12-11(17(19)20)3-8(7-18)5-15-12/h1-3,5-7H,(H,15,16). The van der Waals surface area contributed by atoms with E-state index < -0.39 is 4.92 Å². The molecule has 0 fully saturated rings. The number of nitrogens with zero attached hydrogens (tertiary/aromatic N) is 4. The van der Waals surface area contributed by atoms with E-state index in [4.69, 9.17) is 5.26 Å². The van der Waals surface area contributed by atoms with Crippen LogP contribution >= 0.6 is 0 Å². The van der Waals surface area contributed by atoms with Gasteiger partial charge in [-0.15, -0.1) is 0 Å². The summed E-state index contributed by atoms with van der Waals surface area (Å²) in [6, 6.07) is 6.00. The zero-order chi connectivity index (χ0) is 14.5. The fourth-order valence-corrected chi connectivity index (χ4v) is 1.44. The van der Waals surface area contributed by atoms with Crippen LogP contribution in [0.5, 0.6) is 0 Å². The molecule has 0 bridgehead atoms. The minimum absolute atomic E-state index is 0.00731. The van der Waals surface area contributed by atoms with Gasteiger partial charge in [0, 0.05) is 17.8 Å². The van der Waals surface area contributed by atoms with E-state index in [0.29, 0.717) is 12.0 Å². The van der Waals surface area contributed by atoms with E-state index in [1.807, 2.05) is 6.07 Å². The Bertz CT molecular complexity index is 706. The van der Waals surface area contributed by atoms with Gasteiger partial charge in [-0.3, -0.25) is 14.9 Å². The van der Waals surface area contributed by atoms with Crippen molar-refractivity contribution in [3.8, 4) is 6.07 Å². The number of pyridine rings is 2. The highest BCUT2D eigenvalue weighted by Crippen LogP contribution is 2.25. The Balaban J connectivity index is 2.34. The summed E-state index contributed by atoms with van der Waals surface area (Å²) >= 11 is 0. The third-order valence-corrected chi connectivity index (χ3v) is 2.36. The van der Waals surface area contributed by atoms with Gasteiger partial charge >= 0.3 is 5.69 Å². The number of carbonyl (C=O) groups excluding carboxylic acids is 1. The Morgan fingerprint density at radius 1 is 1.35 bits per heavy atom. The van der Waals surface area contributed by atoms with Gasteiger partial charge in [0.15, 0.2) is 6.29 Å². The van der Waals surface area contributed by atoms with Crippen molar-refractivity contribution in [3.05, 3.63) is 52.0 Å². The van der Waals surface area contributed by atoms with Crippen LogP contribution in [0.25, 0.3) is 0 Å². The van der Waals surface area contributed by atoms with Crippen molar-refractivity contribution in [1.29, 1.82) is 5.26 Å². The predicted octanol–water partition coefficient (Wildman–Crippen LogP) is 1.81. The lowest BCUT2D eigenvalue weighted by molar-refractivity contribution is -0.384. The van der Waals surface area contributed by atoms with Gasteiger partial charge in [0.2, 0.25) is 5.82 Å². The lowest BCUT2D eigenvalue weighted by atomic mass is 10.2. The van der Waals surface area contributed by atoms with Crippen LogP contribution in [-0.4, -0.2) is 21.2 Å². The summed E-state index contributed by atoms with van der Waals surface area (Å²) in [6.07, 6.45) is 3.06. The summed E-state index contributed by atoms with van der Waals surface area (Å²) in [4.78, 5) is 28.5. The van der Waals surface area contributed by atoms with Crippen LogP contribution in [0.15, 0.2) is 30.6 Å². The quantitative estimate of drug-likeness (QED) is 0.510. The summed E-state index contributed by atoms with van der Waals surface area (Å²) in [6.45, 7) is 0. The molecule has 20 heavy (non-hydrogen) atoms. The zero-order valence-electron chi connectivity index (χ0n) is 9.98. The van der Waals surface area contributed by atoms with Crippen LogP contribution in [0.2, 0.25) is 0 Å². The van der Waals surface area contributed by atoms with Crippen LogP contribution in [0.1, 0.15) is 16.1 Å². The summed E-state index contributed by atoms with van der Waals surface area (Å²) in [5, 5.41) is 22.3. The maximum absolute atomic E-state index is 10.9. The molecule has 0 unspecified atom stereocenters. The van der Waals surface area contributed by atoms with Gasteiger partial charge in [0.05, 0.1) is 16.8 Å². The van der Waals surface area contributed by atoms with Gasteiger partial charge in [-0.2, -0.15) is 5.26 Å². The third kappa shape index (κ3) is 2.73. The number of hydrogen-bond acceptors (Lipinski definition) is 7. The fraction of sp³-hybridized carbons (Fsp3) is 0. The van der Waals surface area contributed by atoms with Crippen molar-refractivity contribution in [2.75, 3.05) is 5.32 Å².